The Bertz CT molecular complexity index is 595. The second kappa shape index (κ2) is 7.28. The third-order valence-electron chi connectivity index (χ3n) is 2.94. The Morgan fingerprint density at radius 3 is 2.62 bits per heavy atom. The van der Waals surface area contributed by atoms with Crippen molar-refractivity contribution in [3.63, 3.8) is 0 Å². The first kappa shape index (κ1) is 15.6. The predicted molar refractivity (Wildman–Crippen MR) is 76.2 cm³/mol. The molecule has 1 aromatic carbocycles. The molecule has 0 radical (unpaired) electrons. The molecule has 1 heterocycles. The normalized spacial score (nSPS) is 12.2. The lowest BCUT2D eigenvalue weighted by atomic mass is 9.99. The van der Waals surface area contributed by atoms with Crippen molar-refractivity contribution in [2.45, 2.75) is 6.42 Å². The van der Waals surface area contributed by atoms with Gasteiger partial charge in [0.15, 0.2) is 0 Å². The number of hydrogen-bond acceptors (Lipinski definition) is 4. The van der Waals surface area contributed by atoms with Crippen molar-refractivity contribution in [1.29, 1.82) is 0 Å². The summed E-state index contributed by atoms with van der Waals surface area (Å²) in [7, 11) is 0. The zero-order chi connectivity index (χ0) is 15.2. The van der Waals surface area contributed by atoms with Gasteiger partial charge in [0.2, 0.25) is 5.95 Å². The van der Waals surface area contributed by atoms with Gasteiger partial charge in [0.1, 0.15) is 11.6 Å². The van der Waals surface area contributed by atoms with E-state index in [1.165, 1.54) is 12.4 Å². The fourth-order valence-corrected chi connectivity index (χ4v) is 1.95. The SMILES string of the molecule is OCC(CNc1ncc(Cl)cn1)Cc1cc(F)ccc1F. The van der Waals surface area contributed by atoms with Gasteiger partial charge in [0, 0.05) is 19.1 Å². The molecular formula is C14H14ClF2N3O. The zero-order valence-electron chi connectivity index (χ0n) is 11.1. The minimum absolute atomic E-state index is 0.170. The van der Waals surface area contributed by atoms with Crippen molar-refractivity contribution in [2.75, 3.05) is 18.5 Å². The van der Waals surface area contributed by atoms with Crippen LogP contribution in [-0.4, -0.2) is 28.2 Å². The van der Waals surface area contributed by atoms with E-state index in [9.17, 15) is 13.9 Å². The lowest BCUT2D eigenvalue weighted by molar-refractivity contribution is 0.231. The first-order chi connectivity index (χ1) is 10.1. The van der Waals surface area contributed by atoms with Gasteiger partial charge >= 0.3 is 0 Å². The molecule has 0 aliphatic heterocycles. The Morgan fingerprint density at radius 1 is 1.24 bits per heavy atom. The van der Waals surface area contributed by atoms with Gasteiger partial charge in [0.25, 0.3) is 0 Å². The third-order valence-corrected chi connectivity index (χ3v) is 3.14. The maximum atomic E-state index is 13.6. The molecule has 2 N–H and O–H groups in total. The fourth-order valence-electron chi connectivity index (χ4n) is 1.85. The van der Waals surface area contributed by atoms with E-state index < -0.39 is 11.6 Å². The van der Waals surface area contributed by atoms with Gasteiger partial charge in [-0.1, -0.05) is 11.6 Å². The van der Waals surface area contributed by atoms with Gasteiger partial charge in [0.05, 0.1) is 17.4 Å². The highest BCUT2D eigenvalue weighted by molar-refractivity contribution is 6.30. The van der Waals surface area contributed by atoms with Crippen LogP contribution in [0.2, 0.25) is 5.02 Å². The van der Waals surface area contributed by atoms with Gasteiger partial charge in [-0.2, -0.15) is 0 Å². The van der Waals surface area contributed by atoms with Crippen LogP contribution < -0.4 is 5.32 Å². The molecule has 1 atom stereocenters. The summed E-state index contributed by atoms with van der Waals surface area (Å²) < 4.78 is 26.7. The topological polar surface area (TPSA) is 58.0 Å². The molecule has 0 amide bonds. The standard InChI is InChI=1S/C14H14ClF2N3O/c15-11-6-19-14(20-7-11)18-5-9(8-21)3-10-4-12(16)1-2-13(10)17/h1-2,4,6-7,9,21H,3,5,8H2,(H,18,19,20). The molecule has 0 saturated carbocycles. The summed E-state index contributed by atoms with van der Waals surface area (Å²) in [5.41, 5.74) is 0.230. The van der Waals surface area contributed by atoms with E-state index in [4.69, 9.17) is 11.6 Å². The van der Waals surface area contributed by atoms with Crippen molar-refractivity contribution in [3.8, 4) is 0 Å². The molecule has 0 aliphatic carbocycles. The van der Waals surface area contributed by atoms with E-state index in [2.05, 4.69) is 15.3 Å². The van der Waals surface area contributed by atoms with Gasteiger partial charge in [-0.15, -0.1) is 0 Å². The molecule has 0 bridgehead atoms. The quantitative estimate of drug-likeness (QED) is 0.861. The highest BCUT2D eigenvalue weighted by Gasteiger charge is 2.13. The molecule has 2 rings (SSSR count). The average molecular weight is 314 g/mol. The minimum Gasteiger partial charge on any atom is -0.396 e. The number of benzene rings is 1. The van der Waals surface area contributed by atoms with Crippen LogP contribution in [0, 0.1) is 17.6 Å². The van der Waals surface area contributed by atoms with Crippen LogP contribution in [0.1, 0.15) is 5.56 Å². The van der Waals surface area contributed by atoms with E-state index in [0.29, 0.717) is 17.5 Å². The number of anilines is 1. The zero-order valence-corrected chi connectivity index (χ0v) is 11.8. The maximum absolute atomic E-state index is 13.6. The van der Waals surface area contributed by atoms with Crippen molar-refractivity contribution < 1.29 is 13.9 Å². The van der Waals surface area contributed by atoms with E-state index in [1.807, 2.05) is 0 Å². The minimum atomic E-state index is -0.503. The van der Waals surface area contributed by atoms with Crippen LogP contribution in [0.15, 0.2) is 30.6 Å². The highest BCUT2D eigenvalue weighted by atomic mass is 35.5. The van der Waals surface area contributed by atoms with Gasteiger partial charge < -0.3 is 10.4 Å². The van der Waals surface area contributed by atoms with E-state index in [1.54, 1.807) is 0 Å². The van der Waals surface area contributed by atoms with Gasteiger partial charge in [-0.25, -0.2) is 18.7 Å². The molecule has 2 aromatic rings. The maximum Gasteiger partial charge on any atom is 0.222 e. The molecule has 0 saturated heterocycles. The molecule has 4 nitrogen and oxygen atoms in total. The van der Waals surface area contributed by atoms with E-state index >= 15 is 0 Å². The van der Waals surface area contributed by atoms with Gasteiger partial charge in [-0.3, -0.25) is 0 Å². The largest absolute Gasteiger partial charge is 0.396 e. The molecule has 1 unspecified atom stereocenters. The van der Waals surface area contributed by atoms with Crippen molar-refractivity contribution in [1.82, 2.24) is 9.97 Å². The number of aliphatic hydroxyl groups excluding tert-OH is 1. The van der Waals surface area contributed by atoms with Crippen LogP contribution in [0.4, 0.5) is 14.7 Å². The van der Waals surface area contributed by atoms with Crippen molar-refractivity contribution in [2.24, 2.45) is 5.92 Å². The molecule has 1 aromatic heterocycles. The number of nitrogens with one attached hydrogen (secondary N) is 1. The molecule has 7 heteroatoms. The Kier molecular flexibility index (Phi) is 5.41. The molecule has 0 fully saturated rings. The second-order valence-electron chi connectivity index (χ2n) is 4.59. The fraction of sp³-hybridized carbons (Fsp3) is 0.286. The Hall–Kier alpha value is -1.79. The number of aromatic nitrogens is 2. The van der Waals surface area contributed by atoms with Crippen LogP contribution in [0.5, 0.6) is 0 Å². The Balaban J connectivity index is 1.96. The Labute approximate surface area is 125 Å². The van der Waals surface area contributed by atoms with Gasteiger partial charge in [-0.05, 0) is 30.2 Å². The monoisotopic (exact) mass is 313 g/mol. The summed E-state index contributed by atoms with van der Waals surface area (Å²) in [6, 6.07) is 3.28. The first-order valence-corrected chi connectivity index (χ1v) is 6.72. The third kappa shape index (κ3) is 4.61. The summed E-state index contributed by atoms with van der Waals surface area (Å²) in [4.78, 5) is 7.91. The number of rotatable bonds is 6. The van der Waals surface area contributed by atoms with E-state index in [0.717, 1.165) is 18.2 Å². The Morgan fingerprint density at radius 2 is 1.95 bits per heavy atom. The average Bonchev–Trinajstić information content (AvgIpc) is 2.48. The predicted octanol–water partition coefficient (Wildman–Crippen LogP) is 2.67. The van der Waals surface area contributed by atoms with Crippen LogP contribution in [0.3, 0.4) is 0 Å². The first-order valence-electron chi connectivity index (χ1n) is 6.34. The highest BCUT2D eigenvalue weighted by Crippen LogP contribution is 2.15. The molecular weight excluding hydrogens is 300 g/mol. The number of hydrogen-bond donors (Lipinski definition) is 2. The van der Waals surface area contributed by atoms with Crippen LogP contribution in [0.25, 0.3) is 0 Å². The number of aliphatic hydroxyl groups is 1. The van der Waals surface area contributed by atoms with Crippen LogP contribution >= 0.6 is 11.6 Å². The summed E-state index contributed by atoms with van der Waals surface area (Å²) in [6.45, 7) is 0.157. The summed E-state index contributed by atoms with van der Waals surface area (Å²) in [5.74, 6) is -0.923. The molecule has 21 heavy (non-hydrogen) atoms. The van der Waals surface area contributed by atoms with Crippen molar-refractivity contribution >= 4 is 17.5 Å². The molecule has 0 spiro atoms. The van der Waals surface area contributed by atoms with E-state index in [-0.39, 0.29) is 24.5 Å². The lowest BCUT2D eigenvalue weighted by Gasteiger charge is -2.15. The second-order valence-corrected chi connectivity index (χ2v) is 5.03. The lowest BCUT2D eigenvalue weighted by Crippen LogP contribution is -2.21. The number of halogens is 3. The molecule has 112 valence electrons. The summed E-state index contributed by atoms with van der Waals surface area (Å²) in [5, 5.41) is 12.7. The van der Waals surface area contributed by atoms with Crippen LogP contribution in [-0.2, 0) is 6.42 Å². The number of nitrogens with zero attached hydrogens (tertiary/aromatic N) is 2. The summed E-state index contributed by atoms with van der Waals surface area (Å²) in [6.07, 6.45) is 3.09. The smallest absolute Gasteiger partial charge is 0.222 e. The van der Waals surface area contributed by atoms with Crippen molar-refractivity contribution in [3.05, 3.63) is 52.8 Å². The molecule has 0 aliphatic rings. The summed E-state index contributed by atoms with van der Waals surface area (Å²) >= 11 is 5.67.